The third kappa shape index (κ3) is 3.40. The van der Waals surface area contributed by atoms with Crippen molar-refractivity contribution < 1.29 is 9.53 Å². The second-order valence-corrected chi connectivity index (χ2v) is 5.97. The number of nitrogens with zero attached hydrogens (tertiary/aromatic N) is 1. The van der Waals surface area contributed by atoms with E-state index in [9.17, 15) is 4.79 Å². The Morgan fingerprint density at radius 2 is 2.29 bits per heavy atom. The van der Waals surface area contributed by atoms with E-state index in [1.54, 1.807) is 19.4 Å². The van der Waals surface area contributed by atoms with E-state index < -0.39 is 5.91 Å². The van der Waals surface area contributed by atoms with E-state index in [0.29, 0.717) is 23.0 Å². The van der Waals surface area contributed by atoms with Crippen molar-refractivity contribution in [2.24, 2.45) is 5.73 Å². The summed E-state index contributed by atoms with van der Waals surface area (Å²) in [4.78, 5) is 16.7. The monoisotopic (exact) mass is 324 g/mol. The van der Waals surface area contributed by atoms with Crippen molar-refractivity contribution in [1.29, 1.82) is 0 Å². The summed E-state index contributed by atoms with van der Waals surface area (Å²) in [5.41, 5.74) is 12.7. The molecule has 0 saturated carbocycles. The maximum atomic E-state index is 11.3. The van der Waals surface area contributed by atoms with Gasteiger partial charge in [-0.3, -0.25) is 4.79 Å². The van der Waals surface area contributed by atoms with Crippen LogP contribution in [0.3, 0.4) is 0 Å². The molecular formula is C13H16N4O2S2. The van der Waals surface area contributed by atoms with E-state index in [2.05, 4.69) is 10.3 Å². The quantitative estimate of drug-likeness (QED) is 0.704. The molecule has 5 N–H and O–H groups in total. The molecule has 1 amide bonds. The van der Waals surface area contributed by atoms with Gasteiger partial charge in [0.05, 0.1) is 17.7 Å². The van der Waals surface area contributed by atoms with Gasteiger partial charge in [0.25, 0.3) is 5.91 Å². The molecule has 0 aromatic carbocycles. The first-order chi connectivity index (χ1) is 10.1. The van der Waals surface area contributed by atoms with Gasteiger partial charge < -0.3 is 21.5 Å². The minimum atomic E-state index is -0.507. The molecule has 6 nitrogen and oxygen atoms in total. The largest absolute Gasteiger partial charge is 0.481 e. The second kappa shape index (κ2) is 6.68. The predicted octanol–water partition coefficient (Wildman–Crippen LogP) is 2.17. The van der Waals surface area contributed by atoms with E-state index in [1.807, 2.05) is 12.3 Å². The zero-order valence-corrected chi connectivity index (χ0v) is 13.3. The van der Waals surface area contributed by atoms with Crippen LogP contribution in [0.1, 0.15) is 15.2 Å². The summed E-state index contributed by atoms with van der Waals surface area (Å²) in [5.74, 6) is 0.0619. The van der Waals surface area contributed by atoms with E-state index >= 15 is 0 Å². The fourth-order valence-electron chi connectivity index (χ4n) is 1.75. The zero-order valence-electron chi connectivity index (χ0n) is 11.7. The third-order valence-electron chi connectivity index (χ3n) is 2.79. The van der Waals surface area contributed by atoms with Crippen molar-refractivity contribution in [2.75, 3.05) is 24.4 Å². The number of nitrogens with two attached hydrogens (primary N) is 2. The summed E-state index contributed by atoms with van der Waals surface area (Å²) in [5, 5.41) is 4.10. The Labute approximate surface area is 130 Å². The van der Waals surface area contributed by atoms with Gasteiger partial charge in [0, 0.05) is 18.8 Å². The standard InChI is InChI=1S/C13H16N4O2S2/c1-19-8-4-3-7(5-16-8)6-17-13-11(20-2)9(14)10(21-13)12(15)18/h3-5,17H,6,14H2,1-2H3,(H2,15,18). The molecule has 0 saturated heterocycles. The van der Waals surface area contributed by atoms with Crippen molar-refractivity contribution in [1.82, 2.24) is 4.98 Å². The highest BCUT2D eigenvalue weighted by Gasteiger charge is 2.18. The van der Waals surface area contributed by atoms with Gasteiger partial charge in [-0.1, -0.05) is 6.07 Å². The Morgan fingerprint density at radius 1 is 1.52 bits per heavy atom. The number of primary amides is 1. The highest BCUT2D eigenvalue weighted by molar-refractivity contribution is 7.99. The Balaban J connectivity index is 2.15. The number of rotatable bonds is 6. The maximum Gasteiger partial charge on any atom is 0.261 e. The summed E-state index contributed by atoms with van der Waals surface area (Å²) >= 11 is 2.75. The van der Waals surface area contributed by atoms with Crippen LogP contribution >= 0.6 is 23.1 Å². The van der Waals surface area contributed by atoms with Crippen molar-refractivity contribution in [3.05, 3.63) is 28.8 Å². The van der Waals surface area contributed by atoms with Gasteiger partial charge >= 0.3 is 0 Å². The molecule has 2 heterocycles. The highest BCUT2D eigenvalue weighted by atomic mass is 32.2. The Kier molecular flexibility index (Phi) is 4.92. The number of carbonyl (C=O) groups excluding carboxylic acids is 1. The number of pyridine rings is 1. The van der Waals surface area contributed by atoms with Crippen LogP contribution in [0, 0.1) is 0 Å². The molecule has 0 unspecified atom stereocenters. The molecular weight excluding hydrogens is 308 g/mol. The number of nitrogen functional groups attached to an aromatic ring is 1. The van der Waals surface area contributed by atoms with Crippen LogP contribution in [0.15, 0.2) is 23.2 Å². The number of ether oxygens (including phenoxy) is 1. The zero-order chi connectivity index (χ0) is 15.4. The fourth-order valence-corrected chi connectivity index (χ4v) is 3.63. The van der Waals surface area contributed by atoms with Crippen molar-refractivity contribution in [3.8, 4) is 5.88 Å². The van der Waals surface area contributed by atoms with E-state index in [4.69, 9.17) is 16.2 Å². The van der Waals surface area contributed by atoms with Crippen molar-refractivity contribution >= 4 is 39.7 Å². The molecule has 0 bridgehead atoms. The summed E-state index contributed by atoms with van der Waals surface area (Å²) < 4.78 is 5.01. The number of nitrogens with one attached hydrogen (secondary N) is 1. The number of amides is 1. The highest BCUT2D eigenvalue weighted by Crippen LogP contribution is 2.41. The number of thioether (sulfide) groups is 1. The minimum absolute atomic E-state index is 0.384. The summed E-state index contributed by atoms with van der Waals surface area (Å²) in [6.45, 7) is 0.572. The third-order valence-corrected chi connectivity index (χ3v) is 4.93. The molecule has 2 aromatic heterocycles. The van der Waals surface area contributed by atoms with Gasteiger partial charge in [-0.2, -0.15) is 0 Å². The normalized spacial score (nSPS) is 10.4. The first kappa shape index (κ1) is 15.5. The van der Waals surface area contributed by atoms with Crippen LogP contribution in [-0.4, -0.2) is 24.3 Å². The average molecular weight is 324 g/mol. The van der Waals surface area contributed by atoms with E-state index in [-0.39, 0.29) is 0 Å². The number of hydrogen-bond acceptors (Lipinski definition) is 7. The van der Waals surface area contributed by atoms with Gasteiger partial charge in [-0.05, 0) is 11.8 Å². The number of anilines is 2. The number of methoxy groups -OCH3 is 1. The fraction of sp³-hybridized carbons (Fsp3) is 0.231. The molecule has 2 rings (SSSR count). The molecule has 8 heteroatoms. The summed E-state index contributed by atoms with van der Waals surface area (Å²) in [6, 6.07) is 3.72. The van der Waals surface area contributed by atoms with Gasteiger partial charge in [0.15, 0.2) is 0 Å². The lowest BCUT2D eigenvalue weighted by Gasteiger charge is -2.06. The first-order valence-electron chi connectivity index (χ1n) is 6.05. The van der Waals surface area contributed by atoms with Crippen molar-refractivity contribution in [2.45, 2.75) is 11.4 Å². The second-order valence-electron chi connectivity index (χ2n) is 4.13. The molecule has 0 aliphatic carbocycles. The topological polar surface area (TPSA) is 103 Å². The summed E-state index contributed by atoms with van der Waals surface area (Å²) in [6.07, 6.45) is 3.64. The first-order valence-corrected chi connectivity index (χ1v) is 8.09. The lowest BCUT2D eigenvalue weighted by Crippen LogP contribution is -2.10. The molecule has 0 spiro atoms. The molecule has 0 radical (unpaired) electrons. The summed E-state index contributed by atoms with van der Waals surface area (Å²) in [7, 11) is 1.57. The maximum absolute atomic E-state index is 11.3. The number of carbonyl (C=O) groups is 1. The van der Waals surface area contributed by atoms with Gasteiger partial charge in [0.2, 0.25) is 5.88 Å². The Morgan fingerprint density at radius 3 is 2.81 bits per heavy atom. The minimum Gasteiger partial charge on any atom is -0.481 e. The lowest BCUT2D eigenvalue weighted by molar-refractivity contribution is 0.100. The van der Waals surface area contributed by atoms with Crippen LogP contribution in [0.2, 0.25) is 0 Å². The molecule has 112 valence electrons. The number of aromatic nitrogens is 1. The van der Waals surface area contributed by atoms with Gasteiger partial charge in [-0.15, -0.1) is 23.1 Å². The predicted molar refractivity (Wildman–Crippen MR) is 87.1 cm³/mol. The molecule has 21 heavy (non-hydrogen) atoms. The lowest BCUT2D eigenvalue weighted by atomic mass is 10.3. The molecule has 0 aliphatic heterocycles. The van der Waals surface area contributed by atoms with Crippen LogP contribution < -0.4 is 21.5 Å². The van der Waals surface area contributed by atoms with Crippen LogP contribution in [-0.2, 0) is 6.54 Å². The Hall–Kier alpha value is -1.93. The van der Waals surface area contributed by atoms with Crippen LogP contribution in [0.5, 0.6) is 5.88 Å². The number of thiophene rings is 1. The smallest absolute Gasteiger partial charge is 0.261 e. The van der Waals surface area contributed by atoms with Crippen LogP contribution in [0.4, 0.5) is 10.7 Å². The molecule has 0 atom stereocenters. The van der Waals surface area contributed by atoms with E-state index in [1.165, 1.54) is 23.1 Å². The van der Waals surface area contributed by atoms with Crippen LogP contribution in [0.25, 0.3) is 0 Å². The average Bonchev–Trinajstić information content (AvgIpc) is 2.81. The molecule has 2 aromatic rings. The van der Waals surface area contributed by atoms with Crippen molar-refractivity contribution in [3.63, 3.8) is 0 Å². The van der Waals surface area contributed by atoms with Gasteiger partial charge in [0.1, 0.15) is 9.88 Å². The van der Waals surface area contributed by atoms with Gasteiger partial charge in [-0.25, -0.2) is 4.98 Å². The molecule has 0 fully saturated rings. The Bertz CT molecular complexity index is 640. The van der Waals surface area contributed by atoms with E-state index in [0.717, 1.165) is 15.5 Å². The SMILES string of the molecule is COc1ccc(CNc2sc(C(N)=O)c(N)c2SC)cn1. The molecule has 0 aliphatic rings. The number of hydrogen-bond donors (Lipinski definition) is 3.